The van der Waals surface area contributed by atoms with Crippen molar-refractivity contribution in [2.75, 3.05) is 11.1 Å². The zero-order chi connectivity index (χ0) is 15.0. The Balaban J connectivity index is 2.02. The van der Waals surface area contributed by atoms with Crippen molar-refractivity contribution in [2.45, 2.75) is 26.8 Å². The first-order valence-corrected chi connectivity index (χ1v) is 6.74. The van der Waals surface area contributed by atoms with E-state index in [-0.39, 0.29) is 5.95 Å². The van der Waals surface area contributed by atoms with Crippen molar-refractivity contribution >= 4 is 28.6 Å². The molecule has 0 unspecified atom stereocenters. The smallest absolute Gasteiger partial charge is 0.221 e. The molecule has 3 heterocycles. The van der Waals surface area contributed by atoms with Crippen LogP contribution in [-0.2, 0) is 0 Å². The molecule has 0 saturated heterocycles. The van der Waals surface area contributed by atoms with Gasteiger partial charge in [-0.2, -0.15) is 4.98 Å². The van der Waals surface area contributed by atoms with Gasteiger partial charge >= 0.3 is 0 Å². The highest BCUT2D eigenvalue weighted by Crippen LogP contribution is 2.23. The molecule has 0 atom stereocenters. The third-order valence-corrected chi connectivity index (χ3v) is 3.20. The number of nitrogen functional groups attached to an aromatic ring is 1. The molecule has 0 bridgehead atoms. The SMILES string of the molecule is Cc1nc2cnc(Nc3ccnc(N)n3)cc2n1C(C)C. The number of aryl methyl sites for hydroxylation is 1. The topological polar surface area (TPSA) is 94.5 Å². The van der Waals surface area contributed by atoms with E-state index in [1.54, 1.807) is 18.5 Å². The highest BCUT2D eigenvalue weighted by molar-refractivity contribution is 5.79. The van der Waals surface area contributed by atoms with Crippen molar-refractivity contribution in [3.05, 3.63) is 30.4 Å². The first-order chi connectivity index (χ1) is 10.0. The quantitative estimate of drug-likeness (QED) is 0.766. The lowest BCUT2D eigenvalue weighted by atomic mass is 10.3. The van der Waals surface area contributed by atoms with Gasteiger partial charge in [0, 0.05) is 18.3 Å². The van der Waals surface area contributed by atoms with Gasteiger partial charge in [0.1, 0.15) is 23.0 Å². The van der Waals surface area contributed by atoms with Crippen LogP contribution in [0.15, 0.2) is 24.5 Å². The largest absolute Gasteiger partial charge is 0.368 e. The van der Waals surface area contributed by atoms with E-state index in [0.717, 1.165) is 16.9 Å². The van der Waals surface area contributed by atoms with E-state index in [4.69, 9.17) is 5.73 Å². The summed E-state index contributed by atoms with van der Waals surface area (Å²) in [5.74, 6) is 2.51. The second-order valence-electron chi connectivity index (χ2n) is 5.11. The lowest BCUT2D eigenvalue weighted by molar-refractivity contribution is 0.600. The molecule has 0 fully saturated rings. The highest BCUT2D eigenvalue weighted by Gasteiger charge is 2.11. The lowest BCUT2D eigenvalue weighted by Crippen LogP contribution is -2.03. The number of aromatic nitrogens is 5. The summed E-state index contributed by atoms with van der Waals surface area (Å²) >= 11 is 0. The number of rotatable bonds is 3. The maximum Gasteiger partial charge on any atom is 0.221 e. The third kappa shape index (κ3) is 2.49. The van der Waals surface area contributed by atoms with E-state index in [0.29, 0.717) is 17.7 Å². The van der Waals surface area contributed by atoms with Crippen LogP contribution in [-0.4, -0.2) is 24.5 Å². The fourth-order valence-corrected chi connectivity index (χ4v) is 2.41. The summed E-state index contributed by atoms with van der Waals surface area (Å²) in [6, 6.07) is 4.04. The van der Waals surface area contributed by atoms with Gasteiger partial charge in [-0.25, -0.2) is 15.0 Å². The van der Waals surface area contributed by atoms with Crippen LogP contribution in [0.5, 0.6) is 0 Å². The van der Waals surface area contributed by atoms with Crippen LogP contribution < -0.4 is 11.1 Å². The van der Waals surface area contributed by atoms with E-state index < -0.39 is 0 Å². The van der Waals surface area contributed by atoms with Gasteiger partial charge in [0.15, 0.2) is 0 Å². The minimum absolute atomic E-state index is 0.226. The number of hydrogen-bond donors (Lipinski definition) is 2. The summed E-state index contributed by atoms with van der Waals surface area (Å²) in [5, 5.41) is 3.13. The number of nitrogens with zero attached hydrogens (tertiary/aromatic N) is 5. The Morgan fingerprint density at radius 1 is 1.19 bits per heavy atom. The Hall–Kier alpha value is -2.70. The van der Waals surface area contributed by atoms with E-state index >= 15 is 0 Å². The van der Waals surface area contributed by atoms with E-state index in [1.807, 2.05) is 13.0 Å². The number of hydrogen-bond acceptors (Lipinski definition) is 6. The van der Waals surface area contributed by atoms with Gasteiger partial charge in [-0.1, -0.05) is 0 Å². The second-order valence-corrected chi connectivity index (χ2v) is 5.11. The fourth-order valence-electron chi connectivity index (χ4n) is 2.41. The minimum Gasteiger partial charge on any atom is -0.368 e. The van der Waals surface area contributed by atoms with Crippen LogP contribution in [0.3, 0.4) is 0 Å². The van der Waals surface area contributed by atoms with Gasteiger partial charge in [0.25, 0.3) is 0 Å². The maximum absolute atomic E-state index is 5.57. The molecule has 0 saturated carbocycles. The van der Waals surface area contributed by atoms with Crippen molar-refractivity contribution < 1.29 is 0 Å². The van der Waals surface area contributed by atoms with Crippen molar-refractivity contribution in [1.82, 2.24) is 24.5 Å². The predicted molar refractivity (Wildman–Crippen MR) is 82.4 cm³/mol. The van der Waals surface area contributed by atoms with Gasteiger partial charge in [-0.05, 0) is 26.8 Å². The Bertz CT molecular complexity index is 791. The molecule has 3 aromatic heterocycles. The number of fused-ring (bicyclic) bond motifs is 1. The fraction of sp³-hybridized carbons (Fsp3) is 0.286. The van der Waals surface area contributed by atoms with E-state index in [9.17, 15) is 0 Å². The first kappa shape index (κ1) is 13.3. The number of pyridine rings is 1. The van der Waals surface area contributed by atoms with Crippen LogP contribution >= 0.6 is 0 Å². The van der Waals surface area contributed by atoms with Crippen LogP contribution in [0.1, 0.15) is 25.7 Å². The molecule has 0 spiro atoms. The Labute approximate surface area is 122 Å². The minimum atomic E-state index is 0.226. The number of imidazole rings is 1. The first-order valence-electron chi connectivity index (χ1n) is 6.74. The molecule has 0 aromatic carbocycles. The molecule has 3 aromatic rings. The van der Waals surface area contributed by atoms with E-state index in [1.165, 1.54) is 0 Å². The van der Waals surface area contributed by atoms with E-state index in [2.05, 4.69) is 43.7 Å². The monoisotopic (exact) mass is 283 g/mol. The van der Waals surface area contributed by atoms with Gasteiger partial charge < -0.3 is 15.6 Å². The predicted octanol–water partition coefficient (Wildman–Crippen LogP) is 2.44. The Morgan fingerprint density at radius 2 is 2.00 bits per heavy atom. The molecule has 7 nitrogen and oxygen atoms in total. The molecule has 21 heavy (non-hydrogen) atoms. The molecule has 0 radical (unpaired) electrons. The third-order valence-electron chi connectivity index (χ3n) is 3.20. The van der Waals surface area contributed by atoms with Gasteiger partial charge in [-0.3, -0.25) is 0 Å². The molecule has 3 N–H and O–H groups in total. The van der Waals surface area contributed by atoms with Crippen LogP contribution in [0, 0.1) is 6.92 Å². The molecule has 0 aliphatic heterocycles. The van der Waals surface area contributed by atoms with Crippen LogP contribution in [0.2, 0.25) is 0 Å². The summed E-state index contributed by atoms with van der Waals surface area (Å²) in [5.41, 5.74) is 7.50. The van der Waals surface area contributed by atoms with Crippen LogP contribution in [0.4, 0.5) is 17.6 Å². The summed E-state index contributed by atoms with van der Waals surface area (Å²) < 4.78 is 2.18. The van der Waals surface area contributed by atoms with Crippen LogP contribution in [0.25, 0.3) is 11.0 Å². The number of nitrogens with two attached hydrogens (primary N) is 1. The van der Waals surface area contributed by atoms with Gasteiger partial charge in [0.2, 0.25) is 5.95 Å². The van der Waals surface area contributed by atoms with Crippen molar-refractivity contribution in [3.8, 4) is 0 Å². The average molecular weight is 283 g/mol. The van der Waals surface area contributed by atoms with Gasteiger partial charge in [-0.15, -0.1) is 0 Å². The normalized spacial score (nSPS) is 11.2. The average Bonchev–Trinajstić information content (AvgIpc) is 2.74. The summed E-state index contributed by atoms with van der Waals surface area (Å²) in [7, 11) is 0. The molecule has 0 aliphatic rings. The standard InChI is InChI=1S/C14H17N7/c1-8(2)21-9(3)18-10-7-17-13(6-11(10)21)19-12-4-5-16-14(15)20-12/h4-8H,1-3H3,(H3,15,16,17,19,20). The summed E-state index contributed by atoms with van der Waals surface area (Å²) in [6.45, 7) is 6.26. The maximum atomic E-state index is 5.57. The molecule has 0 aliphatic carbocycles. The molecule has 0 amide bonds. The lowest BCUT2D eigenvalue weighted by Gasteiger charge is -2.11. The van der Waals surface area contributed by atoms with Gasteiger partial charge in [0.05, 0.1) is 11.7 Å². The molecular formula is C14H17N7. The molecular weight excluding hydrogens is 266 g/mol. The zero-order valence-corrected chi connectivity index (χ0v) is 12.2. The number of anilines is 3. The van der Waals surface area contributed by atoms with Crippen molar-refractivity contribution in [3.63, 3.8) is 0 Å². The molecule has 108 valence electrons. The second kappa shape index (κ2) is 5.01. The van der Waals surface area contributed by atoms with Crippen molar-refractivity contribution in [2.24, 2.45) is 0 Å². The summed E-state index contributed by atoms with van der Waals surface area (Å²) in [4.78, 5) is 16.8. The molecule has 7 heteroatoms. The Morgan fingerprint density at radius 3 is 2.71 bits per heavy atom. The highest BCUT2D eigenvalue weighted by atomic mass is 15.1. The summed E-state index contributed by atoms with van der Waals surface area (Å²) in [6.07, 6.45) is 3.36. The molecule has 3 rings (SSSR count). The Kier molecular flexibility index (Phi) is 3.17. The number of nitrogens with one attached hydrogen (secondary N) is 1. The zero-order valence-electron chi connectivity index (χ0n) is 12.2. The van der Waals surface area contributed by atoms with Crippen molar-refractivity contribution in [1.29, 1.82) is 0 Å².